The van der Waals surface area contributed by atoms with Crippen molar-refractivity contribution < 1.29 is 13.2 Å². The van der Waals surface area contributed by atoms with Gasteiger partial charge in [0.2, 0.25) is 5.88 Å². The molecular weight excluding hydrogens is 484 g/mol. The number of hydrogen-bond acceptors (Lipinski definition) is 6. The molecule has 0 bridgehead atoms. The highest BCUT2D eigenvalue weighted by atomic mass is 35.5. The van der Waals surface area contributed by atoms with Crippen molar-refractivity contribution in [3.63, 3.8) is 0 Å². The van der Waals surface area contributed by atoms with Crippen LogP contribution in [0, 0.1) is 13.8 Å². The van der Waals surface area contributed by atoms with Crippen LogP contribution < -0.4 is 9.46 Å². The molecule has 1 aliphatic carbocycles. The van der Waals surface area contributed by atoms with E-state index < -0.39 is 10.0 Å². The third-order valence-electron chi connectivity index (χ3n) is 5.71. The molecule has 0 unspecified atom stereocenters. The van der Waals surface area contributed by atoms with Crippen molar-refractivity contribution in [2.75, 3.05) is 4.72 Å². The maximum Gasteiger partial charge on any atom is 0.263 e. The van der Waals surface area contributed by atoms with Crippen molar-refractivity contribution in [3.8, 4) is 22.9 Å². The Kier molecular flexibility index (Phi) is 6.17. The number of halogens is 1. The molecule has 5 rings (SSSR count). The van der Waals surface area contributed by atoms with Crippen LogP contribution in [0.3, 0.4) is 0 Å². The molecule has 1 fully saturated rings. The maximum absolute atomic E-state index is 13.0. The summed E-state index contributed by atoms with van der Waals surface area (Å²) in [5.74, 6) is 1.28. The topological polar surface area (TPSA) is 94.1 Å². The Morgan fingerprint density at radius 3 is 2.57 bits per heavy atom. The Morgan fingerprint density at radius 1 is 1.03 bits per heavy atom. The van der Waals surface area contributed by atoms with E-state index in [9.17, 15) is 8.42 Å². The first-order valence-corrected chi connectivity index (χ1v) is 13.0. The number of aryl methyl sites for hydroxylation is 2. The van der Waals surface area contributed by atoms with Gasteiger partial charge >= 0.3 is 0 Å². The summed E-state index contributed by atoms with van der Waals surface area (Å²) in [6.07, 6.45) is 8.18. The van der Waals surface area contributed by atoms with Crippen molar-refractivity contribution in [2.45, 2.75) is 37.5 Å². The van der Waals surface area contributed by atoms with Crippen LogP contribution in [0.2, 0.25) is 5.02 Å². The van der Waals surface area contributed by atoms with E-state index in [0.29, 0.717) is 27.9 Å². The number of rotatable bonds is 7. The predicted molar refractivity (Wildman–Crippen MR) is 135 cm³/mol. The van der Waals surface area contributed by atoms with E-state index in [1.54, 1.807) is 30.5 Å². The van der Waals surface area contributed by atoms with Gasteiger partial charge in [-0.25, -0.2) is 13.4 Å². The summed E-state index contributed by atoms with van der Waals surface area (Å²) in [6, 6.07) is 12.3. The molecule has 9 heteroatoms. The Balaban J connectivity index is 1.60. The van der Waals surface area contributed by atoms with Crippen molar-refractivity contribution in [1.29, 1.82) is 0 Å². The minimum absolute atomic E-state index is 0.0410. The van der Waals surface area contributed by atoms with Crippen LogP contribution in [0.1, 0.15) is 35.4 Å². The van der Waals surface area contributed by atoms with Gasteiger partial charge in [0, 0.05) is 30.4 Å². The van der Waals surface area contributed by atoms with Gasteiger partial charge in [-0.05, 0) is 74.1 Å². The van der Waals surface area contributed by atoms with Crippen molar-refractivity contribution in [2.24, 2.45) is 0 Å². The van der Waals surface area contributed by atoms with Gasteiger partial charge in [-0.3, -0.25) is 14.7 Å². The number of nitrogens with zero attached hydrogens (tertiary/aromatic N) is 3. The molecule has 7 nitrogen and oxygen atoms in total. The fourth-order valence-corrected chi connectivity index (χ4v) is 5.13. The minimum atomic E-state index is -3.91. The fourth-order valence-electron chi connectivity index (χ4n) is 3.94. The summed E-state index contributed by atoms with van der Waals surface area (Å²) < 4.78 is 35.1. The lowest BCUT2D eigenvalue weighted by atomic mass is 10.0. The highest BCUT2D eigenvalue weighted by Gasteiger charge is 2.29. The summed E-state index contributed by atoms with van der Waals surface area (Å²) in [7, 11) is -3.91. The quantitative estimate of drug-likeness (QED) is 0.317. The van der Waals surface area contributed by atoms with Crippen LogP contribution in [0.4, 0.5) is 5.69 Å². The van der Waals surface area contributed by atoms with Crippen LogP contribution >= 0.6 is 11.6 Å². The minimum Gasteiger partial charge on any atom is -0.436 e. The SMILES string of the molecule is Cc1cc(C)c(Oc2nc(-c3cncc(Cl)c3)ccc2NS(=O)(=O)c2cccnc2)c(C2CC2)c1. The number of nitrogens with one attached hydrogen (secondary N) is 1. The van der Waals surface area contributed by atoms with Crippen LogP contribution in [-0.2, 0) is 10.0 Å². The second-order valence-corrected chi connectivity index (χ2v) is 10.7. The maximum atomic E-state index is 13.0. The van der Waals surface area contributed by atoms with E-state index in [1.807, 2.05) is 13.0 Å². The van der Waals surface area contributed by atoms with Crippen LogP contribution in [0.25, 0.3) is 11.3 Å². The lowest BCUT2D eigenvalue weighted by molar-refractivity contribution is 0.456. The summed E-state index contributed by atoms with van der Waals surface area (Å²) >= 11 is 6.13. The lowest BCUT2D eigenvalue weighted by Gasteiger charge is -2.18. The molecule has 1 saturated carbocycles. The Morgan fingerprint density at radius 2 is 1.86 bits per heavy atom. The van der Waals surface area contributed by atoms with Gasteiger partial charge in [-0.1, -0.05) is 29.3 Å². The molecule has 35 heavy (non-hydrogen) atoms. The largest absolute Gasteiger partial charge is 0.436 e. The molecule has 0 radical (unpaired) electrons. The third kappa shape index (κ3) is 5.13. The summed E-state index contributed by atoms with van der Waals surface area (Å²) in [5.41, 5.74) is 4.68. The van der Waals surface area contributed by atoms with Gasteiger partial charge in [0.05, 0.1) is 10.7 Å². The number of aromatic nitrogens is 3. The van der Waals surface area contributed by atoms with Crippen molar-refractivity contribution in [3.05, 3.63) is 89.0 Å². The van der Waals surface area contributed by atoms with E-state index in [1.165, 1.54) is 24.7 Å². The van der Waals surface area contributed by atoms with Gasteiger partial charge in [0.15, 0.2) is 0 Å². The molecule has 0 spiro atoms. The normalized spacial score (nSPS) is 13.5. The smallest absolute Gasteiger partial charge is 0.263 e. The summed E-state index contributed by atoms with van der Waals surface area (Å²) in [4.78, 5) is 12.8. The zero-order valence-corrected chi connectivity index (χ0v) is 20.8. The van der Waals surface area contributed by atoms with Gasteiger partial charge < -0.3 is 4.74 Å². The number of sulfonamides is 1. The number of ether oxygens (including phenoxy) is 1. The van der Waals surface area contributed by atoms with Gasteiger partial charge in [0.25, 0.3) is 10.0 Å². The van der Waals surface area contributed by atoms with E-state index in [2.05, 4.69) is 32.7 Å². The third-order valence-corrected chi connectivity index (χ3v) is 7.27. The van der Waals surface area contributed by atoms with E-state index >= 15 is 0 Å². The zero-order valence-electron chi connectivity index (χ0n) is 19.2. The molecule has 0 aliphatic heterocycles. The molecule has 3 aromatic heterocycles. The molecule has 1 aromatic carbocycles. The molecule has 4 aromatic rings. The monoisotopic (exact) mass is 506 g/mol. The van der Waals surface area contributed by atoms with Crippen molar-refractivity contribution >= 4 is 27.3 Å². The lowest BCUT2D eigenvalue weighted by Crippen LogP contribution is -2.14. The second-order valence-electron chi connectivity index (χ2n) is 8.61. The molecule has 3 heterocycles. The molecule has 0 atom stereocenters. The first kappa shape index (κ1) is 23.3. The Hall–Kier alpha value is -3.49. The molecular formula is C26H23ClN4O3S. The first-order valence-electron chi connectivity index (χ1n) is 11.1. The molecule has 178 valence electrons. The zero-order chi connectivity index (χ0) is 24.6. The first-order chi connectivity index (χ1) is 16.8. The highest BCUT2D eigenvalue weighted by molar-refractivity contribution is 7.92. The molecule has 0 saturated heterocycles. The molecule has 1 N–H and O–H groups in total. The number of hydrogen-bond donors (Lipinski definition) is 1. The Labute approximate surface area is 209 Å². The van der Waals surface area contributed by atoms with Gasteiger partial charge in [0.1, 0.15) is 16.3 Å². The predicted octanol–water partition coefficient (Wildman–Crippen LogP) is 6.28. The van der Waals surface area contributed by atoms with E-state index in [4.69, 9.17) is 16.3 Å². The van der Waals surface area contributed by atoms with Crippen LogP contribution in [0.5, 0.6) is 11.6 Å². The van der Waals surface area contributed by atoms with E-state index in [0.717, 1.165) is 29.5 Å². The number of anilines is 1. The summed E-state index contributed by atoms with van der Waals surface area (Å²) in [6.45, 7) is 4.04. The number of pyridine rings is 3. The average molecular weight is 507 g/mol. The fraction of sp³-hybridized carbons (Fsp3) is 0.192. The highest BCUT2D eigenvalue weighted by Crippen LogP contribution is 2.47. The standard InChI is InChI=1S/C26H23ClN4O3S/c1-16-10-17(2)25(22(11-16)18-5-6-18)34-26-24(31-35(32,33)21-4-3-9-28-15-21)8-7-23(30-26)19-12-20(27)14-29-13-19/h3-4,7-15,18,31H,5-6H2,1-2H3. The summed E-state index contributed by atoms with van der Waals surface area (Å²) in [5, 5.41) is 0.471. The average Bonchev–Trinajstić information content (AvgIpc) is 3.67. The second kappa shape index (κ2) is 9.28. The molecule has 1 aliphatic rings. The molecule has 0 amide bonds. The van der Waals surface area contributed by atoms with Gasteiger partial charge in [-0.2, -0.15) is 0 Å². The van der Waals surface area contributed by atoms with Gasteiger partial charge in [-0.15, -0.1) is 0 Å². The van der Waals surface area contributed by atoms with E-state index in [-0.39, 0.29) is 16.5 Å². The van der Waals surface area contributed by atoms with Crippen LogP contribution in [-0.4, -0.2) is 23.4 Å². The number of benzene rings is 1. The Bertz CT molecular complexity index is 1510. The van der Waals surface area contributed by atoms with Crippen molar-refractivity contribution in [1.82, 2.24) is 15.0 Å². The van der Waals surface area contributed by atoms with Crippen LogP contribution in [0.15, 0.2) is 72.1 Å².